The lowest BCUT2D eigenvalue weighted by atomic mass is 10.2. The molecule has 7 nitrogen and oxygen atoms in total. The number of carbonyl (C=O) groups excluding carboxylic acids is 1. The van der Waals surface area contributed by atoms with Crippen LogP contribution in [0.25, 0.3) is 5.69 Å². The summed E-state index contributed by atoms with van der Waals surface area (Å²) in [5.41, 5.74) is -2.13. The molecule has 2 rings (SSSR count). The first kappa shape index (κ1) is 19.4. The van der Waals surface area contributed by atoms with E-state index in [-0.39, 0.29) is 23.9 Å². The van der Waals surface area contributed by atoms with Crippen LogP contribution >= 0.6 is 0 Å². The summed E-state index contributed by atoms with van der Waals surface area (Å²) in [6, 6.07) is 5.15. The van der Waals surface area contributed by atoms with Crippen molar-refractivity contribution in [3.63, 3.8) is 0 Å². The fourth-order valence-corrected chi connectivity index (χ4v) is 2.15. The molecule has 2 aromatic rings. The molecule has 1 heterocycles. The van der Waals surface area contributed by atoms with E-state index < -0.39 is 29.3 Å². The van der Waals surface area contributed by atoms with Crippen molar-refractivity contribution in [3.05, 3.63) is 47.3 Å². The van der Waals surface area contributed by atoms with Crippen molar-refractivity contribution >= 4 is 11.9 Å². The van der Waals surface area contributed by atoms with Crippen LogP contribution in [0.1, 0.15) is 33.3 Å². The third-order valence-corrected chi connectivity index (χ3v) is 3.59. The number of carbonyl (C=O) groups is 2. The standard InChI is InChI=1S/C16H16F3N3O4/c1-9(26-2)7-20-14(23)10-3-5-11(6-4-10)22-13(16(17,18)19)12(8-21-22)15(24)25/h3-6,8-9H,7H2,1-2H3,(H,20,23)(H,24,25). The normalized spacial score (nSPS) is 12.7. The molecule has 1 amide bonds. The second kappa shape index (κ2) is 7.56. The van der Waals surface area contributed by atoms with Gasteiger partial charge in [-0.05, 0) is 31.2 Å². The van der Waals surface area contributed by atoms with Gasteiger partial charge in [0.2, 0.25) is 0 Å². The van der Waals surface area contributed by atoms with Gasteiger partial charge in [0.25, 0.3) is 5.91 Å². The van der Waals surface area contributed by atoms with Crippen LogP contribution in [0, 0.1) is 0 Å². The molecule has 1 unspecified atom stereocenters. The smallest absolute Gasteiger partial charge is 0.434 e. The van der Waals surface area contributed by atoms with Crippen LogP contribution in [-0.4, -0.2) is 46.5 Å². The molecule has 0 saturated carbocycles. The highest BCUT2D eigenvalue weighted by Crippen LogP contribution is 2.33. The molecule has 10 heteroatoms. The lowest BCUT2D eigenvalue weighted by molar-refractivity contribution is -0.143. The first-order valence-corrected chi connectivity index (χ1v) is 7.45. The Morgan fingerprint density at radius 3 is 2.42 bits per heavy atom. The monoisotopic (exact) mass is 371 g/mol. The van der Waals surface area contributed by atoms with E-state index in [9.17, 15) is 22.8 Å². The number of benzene rings is 1. The summed E-state index contributed by atoms with van der Waals surface area (Å²) in [5, 5.41) is 15.1. The average Bonchev–Trinajstić information content (AvgIpc) is 3.05. The molecule has 0 aliphatic heterocycles. The topological polar surface area (TPSA) is 93.5 Å². The van der Waals surface area contributed by atoms with Crippen molar-refractivity contribution in [2.45, 2.75) is 19.2 Å². The van der Waals surface area contributed by atoms with Crippen LogP contribution in [0.3, 0.4) is 0 Å². The van der Waals surface area contributed by atoms with E-state index in [1.165, 1.54) is 31.4 Å². The second-order valence-electron chi connectivity index (χ2n) is 5.42. The van der Waals surface area contributed by atoms with Crippen LogP contribution in [-0.2, 0) is 10.9 Å². The number of hydrogen-bond donors (Lipinski definition) is 2. The van der Waals surface area contributed by atoms with E-state index in [4.69, 9.17) is 9.84 Å². The Labute approximate surface area is 146 Å². The Hall–Kier alpha value is -2.88. The number of hydrogen-bond acceptors (Lipinski definition) is 4. The number of carboxylic acid groups (broad SMARTS) is 1. The number of amides is 1. The first-order valence-electron chi connectivity index (χ1n) is 7.45. The molecule has 1 aromatic carbocycles. The molecule has 1 aromatic heterocycles. The van der Waals surface area contributed by atoms with Crippen molar-refractivity contribution < 1.29 is 32.6 Å². The van der Waals surface area contributed by atoms with Gasteiger partial charge < -0.3 is 15.2 Å². The van der Waals surface area contributed by atoms with Gasteiger partial charge in [0.1, 0.15) is 5.56 Å². The minimum atomic E-state index is -4.91. The number of rotatable bonds is 6. The zero-order chi connectivity index (χ0) is 19.5. The molecule has 1 atom stereocenters. The average molecular weight is 371 g/mol. The van der Waals surface area contributed by atoms with Crippen molar-refractivity contribution in [2.75, 3.05) is 13.7 Å². The number of halogens is 3. The number of aromatic nitrogens is 2. The Bertz CT molecular complexity index is 800. The summed E-state index contributed by atoms with van der Waals surface area (Å²) in [6.07, 6.45) is -4.46. The second-order valence-corrected chi connectivity index (χ2v) is 5.42. The van der Waals surface area contributed by atoms with E-state index in [1.807, 2.05) is 0 Å². The molecule has 140 valence electrons. The molecule has 0 fully saturated rings. The van der Waals surface area contributed by atoms with Gasteiger partial charge >= 0.3 is 12.1 Å². The SMILES string of the molecule is COC(C)CNC(=O)c1ccc(-n2ncc(C(=O)O)c2C(F)(F)F)cc1. The lowest BCUT2D eigenvalue weighted by Gasteiger charge is -2.13. The maximum Gasteiger partial charge on any atom is 0.434 e. The number of alkyl halides is 3. The largest absolute Gasteiger partial charge is 0.478 e. The number of nitrogens with zero attached hydrogens (tertiary/aromatic N) is 2. The molecule has 0 radical (unpaired) electrons. The fourth-order valence-electron chi connectivity index (χ4n) is 2.15. The molecule has 0 bridgehead atoms. The minimum absolute atomic E-state index is 0.0216. The maximum absolute atomic E-state index is 13.2. The highest BCUT2D eigenvalue weighted by atomic mass is 19.4. The van der Waals surface area contributed by atoms with Gasteiger partial charge in [-0.25, -0.2) is 9.48 Å². The molecule has 0 spiro atoms. The van der Waals surface area contributed by atoms with Gasteiger partial charge in [0.05, 0.1) is 18.0 Å². The molecule has 0 aliphatic rings. The van der Waals surface area contributed by atoms with Gasteiger partial charge in [0, 0.05) is 19.2 Å². The lowest BCUT2D eigenvalue weighted by Crippen LogP contribution is -2.31. The third kappa shape index (κ3) is 4.20. The Morgan fingerprint density at radius 2 is 1.92 bits per heavy atom. The summed E-state index contributed by atoms with van der Waals surface area (Å²) in [7, 11) is 1.50. The summed E-state index contributed by atoms with van der Waals surface area (Å²) in [4.78, 5) is 23.0. The molecule has 0 aliphatic carbocycles. The minimum Gasteiger partial charge on any atom is -0.478 e. The quantitative estimate of drug-likeness (QED) is 0.813. The zero-order valence-corrected chi connectivity index (χ0v) is 13.9. The van der Waals surface area contributed by atoms with Gasteiger partial charge in [-0.15, -0.1) is 0 Å². The number of carboxylic acids is 1. The first-order chi connectivity index (χ1) is 12.1. The van der Waals surface area contributed by atoms with Gasteiger partial charge in [-0.3, -0.25) is 4.79 Å². The highest BCUT2D eigenvalue weighted by Gasteiger charge is 2.40. The predicted molar refractivity (Wildman–Crippen MR) is 84.3 cm³/mol. The molecule has 0 saturated heterocycles. The van der Waals surface area contributed by atoms with Crippen LogP contribution < -0.4 is 5.32 Å². The number of aromatic carboxylic acids is 1. The third-order valence-electron chi connectivity index (χ3n) is 3.59. The molecular formula is C16H16F3N3O4. The van der Waals surface area contributed by atoms with Gasteiger partial charge in [-0.1, -0.05) is 0 Å². The summed E-state index contributed by atoms with van der Waals surface area (Å²) < 4.78 is 45.1. The summed E-state index contributed by atoms with van der Waals surface area (Å²) >= 11 is 0. The molecular weight excluding hydrogens is 355 g/mol. The molecule has 2 N–H and O–H groups in total. The molecule has 26 heavy (non-hydrogen) atoms. The number of ether oxygens (including phenoxy) is 1. The Balaban J connectivity index is 2.29. The number of nitrogens with one attached hydrogen (secondary N) is 1. The van der Waals surface area contributed by atoms with E-state index in [0.717, 1.165) is 0 Å². The van der Waals surface area contributed by atoms with Crippen LogP contribution in [0.15, 0.2) is 30.5 Å². The maximum atomic E-state index is 13.2. The fraction of sp³-hybridized carbons (Fsp3) is 0.312. The highest BCUT2D eigenvalue weighted by molar-refractivity contribution is 5.94. The zero-order valence-electron chi connectivity index (χ0n) is 13.9. The van der Waals surface area contributed by atoms with Crippen molar-refractivity contribution in [3.8, 4) is 5.69 Å². The predicted octanol–water partition coefficient (Wildman–Crippen LogP) is 2.35. The van der Waals surface area contributed by atoms with E-state index in [2.05, 4.69) is 10.4 Å². The Morgan fingerprint density at radius 1 is 1.31 bits per heavy atom. The van der Waals surface area contributed by atoms with E-state index in [1.54, 1.807) is 6.92 Å². The summed E-state index contributed by atoms with van der Waals surface area (Å²) in [6.45, 7) is 2.04. The van der Waals surface area contributed by atoms with Crippen LogP contribution in [0.5, 0.6) is 0 Å². The van der Waals surface area contributed by atoms with Crippen molar-refractivity contribution in [1.29, 1.82) is 0 Å². The van der Waals surface area contributed by atoms with Crippen molar-refractivity contribution in [1.82, 2.24) is 15.1 Å². The van der Waals surface area contributed by atoms with Gasteiger partial charge in [-0.2, -0.15) is 18.3 Å². The van der Waals surface area contributed by atoms with E-state index in [0.29, 0.717) is 10.9 Å². The summed E-state index contributed by atoms with van der Waals surface area (Å²) in [5.74, 6) is -2.14. The Kier molecular flexibility index (Phi) is 5.66. The van der Waals surface area contributed by atoms with Crippen molar-refractivity contribution in [2.24, 2.45) is 0 Å². The number of methoxy groups -OCH3 is 1. The van der Waals surface area contributed by atoms with Crippen LogP contribution in [0.4, 0.5) is 13.2 Å². The van der Waals surface area contributed by atoms with Gasteiger partial charge in [0.15, 0.2) is 5.69 Å². The van der Waals surface area contributed by atoms with E-state index >= 15 is 0 Å². The van der Waals surface area contributed by atoms with Crippen LogP contribution in [0.2, 0.25) is 0 Å².